The predicted molar refractivity (Wildman–Crippen MR) is 75.5 cm³/mol. The Morgan fingerprint density at radius 2 is 1.83 bits per heavy atom. The maximum absolute atomic E-state index is 9.32. The van der Waals surface area contributed by atoms with E-state index < -0.39 is 0 Å². The molecule has 1 aromatic carbocycles. The second-order valence-corrected chi connectivity index (χ2v) is 7.06. The fourth-order valence-electron chi connectivity index (χ4n) is 3.96. The zero-order valence-corrected chi connectivity index (χ0v) is 11.7. The summed E-state index contributed by atoms with van der Waals surface area (Å²) in [5, 5.41) is 9.32. The molecule has 2 heteroatoms. The highest BCUT2D eigenvalue weighted by molar-refractivity contribution is 5.27. The van der Waals surface area contributed by atoms with Crippen LogP contribution in [0.1, 0.15) is 45.6 Å². The van der Waals surface area contributed by atoms with E-state index in [1.807, 2.05) is 12.1 Å². The lowest BCUT2D eigenvalue weighted by molar-refractivity contribution is 0.108. The van der Waals surface area contributed by atoms with Crippen molar-refractivity contribution >= 4 is 0 Å². The predicted octanol–water partition coefficient (Wildman–Crippen LogP) is 3.48. The summed E-state index contributed by atoms with van der Waals surface area (Å²) < 4.78 is 0. The van der Waals surface area contributed by atoms with Crippen LogP contribution < -0.4 is 5.73 Å². The van der Waals surface area contributed by atoms with Crippen LogP contribution in [-0.2, 0) is 6.42 Å². The number of benzene rings is 1. The van der Waals surface area contributed by atoms with Gasteiger partial charge in [0, 0.05) is 5.54 Å². The van der Waals surface area contributed by atoms with Crippen molar-refractivity contribution in [1.29, 1.82) is 0 Å². The van der Waals surface area contributed by atoms with Crippen molar-refractivity contribution in [2.45, 2.75) is 52.0 Å². The van der Waals surface area contributed by atoms with Gasteiger partial charge in [0.25, 0.3) is 0 Å². The maximum Gasteiger partial charge on any atom is 0.115 e. The second-order valence-electron chi connectivity index (χ2n) is 7.06. The van der Waals surface area contributed by atoms with Crippen LogP contribution in [0, 0.1) is 11.3 Å². The van der Waals surface area contributed by atoms with Crippen molar-refractivity contribution in [3.8, 4) is 5.75 Å². The van der Waals surface area contributed by atoms with Gasteiger partial charge in [-0.05, 0) is 54.7 Å². The molecule has 1 aliphatic rings. The molecule has 2 atom stereocenters. The van der Waals surface area contributed by atoms with Gasteiger partial charge in [0.05, 0.1) is 0 Å². The Hall–Kier alpha value is -1.02. The molecule has 0 aromatic heterocycles. The molecule has 2 nitrogen and oxygen atoms in total. The van der Waals surface area contributed by atoms with Crippen LogP contribution in [0.25, 0.3) is 0 Å². The molecule has 0 amide bonds. The normalized spacial score (nSPS) is 31.2. The second kappa shape index (κ2) is 4.58. The number of phenols is 1. The van der Waals surface area contributed by atoms with Crippen molar-refractivity contribution in [2.75, 3.05) is 0 Å². The first-order chi connectivity index (χ1) is 8.28. The SMILES string of the molecule is CC1CC(C)(C)CC(N)(Cc2ccc(O)cc2)C1. The molecule has 0 saturated heterocycles. The summed E-state index contributed by atoms with van der Waals surface area (Å²) in [4.78, 5) is 0. The van der Waals surface area contributed by atoms with Crippen molar-refractivity contribution in [1.82, 2.24) is 0 Å². The smallest absolute Gasteiger partial charge is 0.115 e. The lowest BCUT2D eigenvalue weighted by atomic mass is 9.63. The topological polar surface area (TPSA) is 46.2 Å². The van der Waals surface area contributed by atoms with E-state index in [4.69, 9.17) is 5.73 Å². The monoisotopic (exact) mass is 247 g/mol. The number of rotatable bonds is 2. The largest absolute Gasteiger partial charge is 0.508 e. The first-order valence-electron chi connectivity index (χ1n) is 6.85. The molecule has 1 fully saturated rings. The molecular formula is C16H25NO. The fourth-order valence-corrected chi connectivity index (χ4v) is 3.96. The average Bonchev–Trinajstić information content (AvgIpc) is 2.17. The van der Waals surface area contributed by atoms with Crippen molar-refractivity contribution < 1.29 is 5.11 Å². The van der Waals surface area contributed by atoms with Crippen LogP contribution in [0.2, 0.25) is 0 Å². The summed E-state index contributed by atoms with van der Waals surface area (Å²) in [5.74, 6) is 1.01. The van der Waals surface area contributed by atoms with E-state index in [1.54, 1.807) is 12.1 Å². The van der Waals surface area contributed by atoms with Crippen molar-refractivity contribution in [3.05, 3.63) is 29.8 Å². The average molecular weight is 247 g/mol. The van der Waals surface area contributed by atoms with E-state index in [0.717, 1.165) is 19.3 Å². The van der Waals surface area contributed by atoms with Gasteiger partial charge in [-0.25, -0.2) is 0 Å². The van der Waals surface area contributed by atoms with Crippen LogP contribution in [0.5, 0.6) is 5.75 Å². The van der Waals surface area contributed by atoms with Crippen molar-refractivity contribution in [3.63, 3.8) is 0 Å². The Kier molecular flexibility index (Phi) is 3.41. The summed E-state index contributed by atoms with van der Waals surface area (Å²) in [5.41, 5.74) is 8.09. The zero-order chi connectivity index (χ0) is 13.4. The highest BCUT2D eigenvalue weighted by Crippen LogP contribution is 2.43. The van der Waals surface area contributed by atoms with Crippen LogP contribution in [-0.4, -0.2) is 10.6 Å². The van der Waals surface area contributed by atoms with Gasteiger partial charge in [-0.15, -0.1) is 0 Å². The molecule has 1 aromatic rings. The third-order valence-corrected chi connectivity index (χ3v) is 3.98. The molecule has 0 spiro atoms. The minimum absolute atomic E-state index is 0.0991. The Labute approximate surface area is 110 Å². The van der Waals surface area contributed by atoms with E-state index in [9.17, 15) is 5.11 Å². The van der Waals surface area contributed by atoms with Crippen LogP contribution in [0.4, 0.5) is 0 Å². The van der Waals surface area contributed by atoms with Crippen LogP contribution in [0.3, 0.4) is 0 Å². The number of nitrogens with two attached hydrogens (primary N) is 1. The summed E-state index contributed by atoms with van der Waals surface area (Å²) in [6, 6.07) is 7.46. The molecule has 0 radical (unpaired) electrons. The summed E-state index contributed by atoms with van der Waals surface area (Å²) in [7, 11) is 0. The molecule has 18 heavy (non-hydrogen) atoms. The molecule has 0 aliphatic heterocycles. The molecule has 0 bridgehead atoms. The van der Waals surface area contributed by atoms with E-state index >= 15 is 0 Å². The minimum atomic E-state index is -0.0991. The molecule has 2 rings (SSSR count). The van der Waals surface area contributed by atoms with Crippen LogP contribution >= 0.6 is 0 Å². The summed E-state index contributed by atoms with van der Waals surface area (Å²) >= 11 is 0. The van der Waals surface area contributed by atoms with Crippen LogP contribution in [0.15, 0.2) is 24.3 Å². The first-order valence-corrected chi connectivity index (χ1v) is 6.85. The molecule has 1 aliphatic carbocycles. The molecule has 2 unspecified atom stereocenters. The highest BCUT2D eigenvalue weighted by atomic mass is 16.3. The van der Waals surface area contributed by atoms with Gasteiger partial charge in [-0.2, -0.15) is 0 Å². The van der Waals surface area contributed by atoms with Gasteiger partial charge in [-0.1, -0.05) is 32.9 Å². The van der Waals surface area contributed by atoms with E-state index in [0.29, 0.717) is 17.1 Å². The van der Waals surface area contributed by atoms with Gasteiger partial charge in [0.1, 0.15) is 5.75 Å². The quantitative estimate of drug-likeness (QED) is 0.840. The van der Waals surface area contributed by atoms with Gasteiger partial charge >= 0.3 is 0 Å². The highest BCUT2D eigenvalue weighted by Gasteiger charge is 2.40. The molecule has 100 valence electrons. The Balaban J connectivity index is 2.13. The molecule has 1 saturated carbocycles. The van der Waals surface area contributed by atoms with Gasteiger partial charge < -0.3 is 10.8 Å². The standard InChI is InChI=1S/C16H25NO/c1-12-8-15(2,3)11-16(17,9-12)10-13-4-6-14(18)7-5-13/h4-7,12,18H,8-11,17H2,1-3H3. The summed E-state index contributed by atoms with van der Waals surface area (Å²) in [6.07, 6.45) is 4.34. The Morgan fingerprint density at radius 3 is 2.39 bits per heavy atom. The lowest BCUT2D eigenvalue weighted by Gasteiger charge is -2.46. The molecule has 0 heterocycles. The van der Waals surface area contributed by atoms with E-state index in [2.05, 4.69) is 20.8 Å². The third kappa shape index (κ3) is 3.26. The number of aromatic hydroxyl groups is 1. The Morgan fingerprint density at radius 1 is 1.22 bits per heavy atom. The minimum Gasteiger partial charge on any atom is -0.508 e. The van der Waals surface area contributed by atoms with Gasteiger partial charge in [-0.3, -0.25) is 0 Å². The molecule has 3 N–H and O–H groups in total. The zero-order valence-electron chi connectivity index (χ0n) is 11.7. The Bertz CT molecular complexity index is 410. The maximum atomic E-state index is 9.32. The van der Waals surface area contributed by atoms with Gasteiger partial charge in [0.2, 0.25) is 0 Å². The number of phenolic OH excluding ortho intramolecular Hbond substituents is 1. The van der Waals surface area contributed by atoms with Crippen molar-refractivity contribution in [2.24, 2.45) is 17.1 Å². The molecular weight excluding hydrogens is 222 g/mol. The van der Waals surface area contributed by atoms with E-state index in [1.165, 1.54) is 12.0 Å². The fraction of sp³-hybridized carbons (Fsp3) is 0.625. The van der Waals surface area contributed by atoms with E-state index in [-0.39, 0.29) is 5.54 Å². The summed E-state index contributed by atoms with van der Waals surface area (Å²) in [6.45, 7) is 6.95. The number of hydrogen-bond acceptors (Lipinski definition) is 2. The van der Waals surface area contributed by atoms with Gasteiger partial charge in [0.15, 0.2) is 0 Å². The number of hydrogen-bond donors (Lipinski definition) is 2. The third-order valence-electron chi connectivity index (χ3n) is 3.98. The lowest BCUT2D eigenvalue weighted by Crippen LogP contribution is -2.50. The first kappa shape index (κ1) is 13.4.